The number of nitrogens with zero attached hydrogens (tertiary/aromatic N) is 3. The SMILES string of the molecule is N#Cc1nccn1CCS. The lowest BCUT2D eigenvalue weighted by Gasteiger charge is -1.96. The fraction of sp³-hybridized carbons (Fsp3) is 0.333. The molecular formula is C6H7N3S. The molecular weight excluding hydrogens is 146 g/mol. The predicted octanol–water partition coefficient (Wildman–Crippen LogP) is 0.685. The van der Waals surface area contributed by atoms with Crippen molar-refractivity contribution >= 4 is 12.6 Å². The summed E-state index contributed by atoms with van der Waals surface area (Å²) in [5.74, 6) is 1.18. The first-order chi connectivity index (χ1) is 4.88. The Hall–Kier alpha value is -0.950. The van der Waals surface area contributed by atoms with Crippen LogP contribution < -0.4 is 0 Å². The Morgan fingerprint density at radius 3 is 3.20 bits per heavy atom. The van der Waals surface area contributed by atoms with Gasteiger partial charge in [-0.15, -0.1) is 0 Å². The van der Waals surface area contributed by atoms with Crippen molar-refractivity contribution in [2.24, 2.45) is 0 Å². The molecule has 1 aromatic heterocycles. The van der Waals surface area contributed by atoms with Gasteiger partial charge in [0, 0.05) is 24.7 Å². The number of rotatable bonds is 2. The fourth-order valence-electron chi connectivity index (χ4n) is 0.710. The Morgan fingerprint density at radius 2 is 2.60 bits per heavy atom. The highest BCUT2D eigenvalue weighted by atomic mass is 32.1. The van der Waals surface area contributed by atoms with E-state index in [1.165, 1.54) is 0 Å². The molecule has 0 saturated heterocycles. The van der Waals surface area contributed by atoms with Gasteiger partial charge in [0.15, 0.2) is 0 Å². The highest BCUT2D eigenvalue weighted by Gasteiger charge is 1.97. The number of hydrogen-bond donors (Lipinski definition) is 1. The summed E-state index contributed by atoms with van der Waals surface area (Å²) in [6, 6.07) is 1.98. The minimum Gasteiger partial charge on any atom is -0.322 e. The van der Waals surface area contributed by atoms with Crippen LogP contribution in [0.4, 0.5) is 0 Å². The molecule has 3 nitrogen and oxygen atoms in total. The van der Waals surface area contributed by atoms with Gasteiger partial charge >= 0.3 is 0 Å². The third-order valence-electron chi connectivity index (χ3n) is 1.16. The maximum atomic E-state index is 8.48. The quantitative estimate of drug-likeness (QED) is 0.635. The number of aryl methyl sites for hydroxylation is 1. The zero-order valence-corrected chi connectivity index (χ0v) is 6.25. The normalized spacial score (nSPS) is 9.20. The molecule has 0 aliphatic rings. The van der Waals surface area contributed by atoms with Crippen LogP contribution in [-0.4, -0.2) is 15.3 Å². The van der Waals surface area contributed by atoms with Gasteiger partial charge in [-0.2, -0.15) is 17.9 Å². The summed E-state index contributed by atoms with van der Waals surface area (Å²) in [5.41, 5.74) is 0. The van der Waals surface area contributed by atoms with Gasteiger partial charge in [0.25, 0.3) is 0 Å². The maximum Gasteiger partial charge on any atom is 0.212 e. The topological polar surface area (TPSA) is 41.6 Å². The van der Waals surface area contributed by atoms with Gasteiger partial charge in [0.2, 0.25) is 5.82 Å². The molecule has 10 heavy (non-hydrogen) atoms. The zero-order valence-electron chi connectivity index (χ0n) is 5.36. The van der Waals surface area contributed by atoms with E-state index in [0.717, 1.165) is 12.3 Å². The van der Waals surface area contributed by atoms with E-state index >= 15 is 0 Å². The second kappa shape index (κ2) is 3.28. The molecule has 4 heteroatoms. The first-order valence-corrected chi connectivity index (χ1v) is 3.54. The summed E-state index contributed by atoms with van der Waals surface area (Å²) in [6.45, 7) is 0.742. The molecule has 1 aromatic rings. The lowest BCUT2D eigenvalue weighted by molar-refractivity contribution is 0.758. The summed E-state index contributed by atoms with van der Waals surface area (Å²) < 4.78 is 1.77. The van der Waals surface area contributed by atoms with Crippen molar-refractivity contribution in [1.29, 1.82) is 5.26 Å². The number of aromatic nitrogens is 2. The van der Waals surface area contributed by atoms with Gasteiger partial charge in [-0.3, -0.25) is 0 Å². The third kappa shape index (κ3) is 1.31. The molecule has 0 radical (unpaired) electrons. The molecule has 0 aliphatic carbocycles. The van der Waals surface area contributed by atoms with Crippen molar-refractivity contribution in [3.05, 3.63) is 18.2 Å². The van der Waals surface area contributed by atoms with Crippen molar-refractivity contribution in [1.82, 2.24) is 9.55 Å². The average Bonchev–Trinajstić information content (AvgIpc) is 2.36. The average molecular weight is 153 g/mol. The molecule has 0 aliphatic heterocycles. The summed E-state index contributed by atoms with van der Waals surface area (Å²) in [5, 5.41) is 8.48. The van der Waals surface area contributed by atoms with E-state index in [1.54, 1.807) is 17.0 Å². The number of thiol groups is 1. The van der Waals surface area contributed by atoms with E-state index in [0.29, 0.717) is 5.82 Å². The van der Waals surface area contributed by atoms with Gasteiger partial charge in [0.1, 0.15) is 6.07 Å². The van der Waals surface area contributed by atoms with Crippen LogP contribution in [0.15, 0.2) is 12.4 Å². The Balaban J connectivity index is 2.82. The fourth-order valence-corrected chi connectivity index (χ4v) is 0.926. The molecule has 0 unspecified atom stereocenters. The van der Waals surface area contributed by atoms with Crippen molar-refractivity contribution in [3.63, 3.8) is 0 Å². The van der Waals surface area contributed by atoms with Crippen LogP contribution in [0.3, 0.4) is 0 Å². The van der Waals surface area contributed by atoms with Crippen molar-refractivity contribution in [2.45, 2.75) is 6.54 Å². The van der Waals surface area contributed by atoms with E-state index in [-0.39, 0.29) is 0 Å². The standard InChI is InChI=1S/C6H7N3S/c7-5-6-8-1-2-9(6)3-4-10/h1-2,10H,3-4H2. The van der Waals surface area contributed by atoms with E-state index in [2.05, 4.69) is 17.6 Å². The van der Waals surface area contributed by atoms with Crippen molar-refractivity contribution < 1.29 is 0 Å². The van der Waals surface area contributed by atoms with Crippen LogP contribution in [0.1, 0.15) is 5.82 Å². The molecule has 1 rings (SSSR count). The van der Waals surface area contributed by atoms with Crippen LogP contribution in [0.25, 0.3) is 0 Å². The van der Waals surface area contributed by atoms with Crippen LogP contribution in [0, 0.1) is 11.3 Å². The van der Waals surface area contributed by atoms with Gasteiger partial charge < -0.3 is 4.57 Å². The Labute approximate surface area is 64.7 Å². The smallest absolute Gasteiger partial charge is 0.212 e. The second-order valence-electron chi connectivity index (χ2n) is 1.78. The van der Waals surface area contributed by atoms with Gasteiger partial charge in [0.05, 0.1) is 0 Å². The number of hydrogen-bond acceptors (Lipinski definition) is 3. The van der Waals surface area contributed by atoms with Gasteiger partial charge in [-0.25, -0.2) is 4.98 Å². The first-order valence-electron chi connectivity index (χ1n) is 2.90. The summed E-state index contributed by atoms with van der Waals surface area (Å²) in [4.78, 5) is 3.82. The van der Waals surface area contributed by atoms with E-state index < -0.39 is 0 Å². The van der Waals surface area contributed by atoms with E-state index in [9.17, 15) is 0 Å². The van der Waals surface area contributed by atoms with Crippen LogP contribution in [-0.2, 0) is 6.54 Å². The predicted molar refractivity (Wildman–Crippen MR) is 40.8 cm³/mol. The van der Waals surface area contributed by atoms with E-state index in [1.807, 2.05) is 6.07 Å². The minimum absolute atomic E-state index is 0.453. The highest BCUT2D eigenvalue weighted by molar-refractivity contribution is 7.80. The molecule has 0 atom stereocenters. The Morgan fingerprint density at radius 1 is 1.80 bits per heavy atom. The first kappa shape index (κ1) is 7.16. The molecule has 0 aromatic carbocycles. The molecule has 1 heterocycles. The molecule has 0 saturated carbocycles. The molecule has 0 amide bonds. The van der Waals surface area contributed by atoms with Crippen molar-refractivity contribution in [3.8, 4) is 6.07 Å². The molecule has 0 fully saturated rings. The minimum atomic E-state index is 0.453. The maximum absolute atomic E-state index is 8.48. The van der Waals surface area contributed by atoms with Crippen LogP contribution in [0.2, 0.25) is 0 Å². The van der Waals surface area contributed by atoms with Crippen LogP contribution in [0.5, 0.6) is 0 Å². The Kier molecular flexibility index (Phi) is 2.35. The largest absolute Gasteiger partial charge is 0.322 e. The van der Waals surface area contributed by atoms with Crippen LogP contribution >= 0.6 is 12.6 Å². The number of nitriles is 1. The third-order valence-corrected chi connectivity index (χ3v) is 1.36. The van der Waals surface area contributed by atoms with Gasteiger partial charge in [-0.05, 0) is 0 Å². The summed E-state index contributed by atoms with van der Waals surface area (Å²) in [7, 11) is 0. The molecule has 0 bridgehead atoms. The van der Waals surface area contributed by atoms with Gasteiger partial charge in [-0.1, -0.05) is 0 Å². The Bertz CT molecular complexity index is 248. The second-order valence-corrected chi connectivity index (χ2v) is 2.23. The summed E-state index contributed by atoms with van der Waals surface area (Å²) >= 11 is 4.04. The number of imidazole rings is 1. The zero-order chi connectivity index (χ0) is 7.40. The lowest BCUT2D eigenvalue weighted by atomic mass is 10.6. The molecule has 0 spiro atoms. The monoisotopic (exact) mass is 153 g/mol. The highest BCUT2D eigenvalue weighted by Crippen LogP contribution is 1.95. The molecule has 0 N–H and O–H groups in total. The summed E-state index contributed by atoms with van der Waals surface area (Å²) in [6.07, 6.45) is 3.39. The molecule has 52 valence electrons. The van der Waals surface area contributed by atoms with E-state index in [4.69, 9.17) is 5.26 Å². The lowest BCUT2D eigenvalue weighted by Crippen LogP contribution is -2.00. The van der Waals surface area contributed by atoms with Crippen molar-refractivity contribution in [2.75, 3.05) is 5.75 Å².